The zero-order chi connectivity index (χ0) is 31.0. The van der Waals surface area contributed by atoms with Crippen LogP contribution in [0.5, 0.6) is 5.75 Å². The molecule has 2 saturated carbocycles. The molecule has 3 fully saturated rings. The predicted octanol–water partition coefficient (Wildman–Crippen LogP) is 6.17. The second-order valence-electron chi connectivity index (χ2n) is 13.2. The highest BCUT2D eigenvalue weighted by atomic mass is 16.5. The molecule has 1 saturated heterocycles. The topological polar surface area (TPSA) is 102 Å². The van der Waals surface area contributed by atoms with Gasteiger partial charge in [0.05, 0.1) is 30.4 Å². The van der Waals surface area contributed by atoms with Crippen LogP contribution in [-0.4, -0.2) is 60.7 Å². The van der Waals surface area contributed by atoms with Crippen molar-refractivity contribution in [3.8, 4) is 28.5 Å². The number of hydrogen-bond donors (Lipinski definition) is 1. The summed E-state index contributed by atoms with van der Waals surface area (Å²) in [7, 11) is 3.66. The van der Waals surface area contributed by atoms with Crippen LogP contribution >= 0.6 is 0 Å². The van der Waals surface area contributed by atoms with Gasteiger partial charge in [0, 0.05) is 42.7 Å². The van der Waals surface area contributed by atoms with Gasteiger partial charge < -0.3 is 23.9 Å². The number of aliphatic carboxylic acids is 1. The van der Waals surface area contributed by atoms with Gasteiger partial charge in [-0.25, -0.2) is 9.97 Å². The van der Waals surface area contributed by atoms with Gasteiger partial charge in [0.1, 0.15) is 16.9 Å². The van der Waals surface area contributed by atoms with Crippen molar-refractivity contribution in [2.75, 3.05) is 13.7 Å². The molecular weight excluding hydrogens is 566 g/mol. The van der Waals surface area contributed by atoms with E-state index >= 15 is 0 Å². The molecule has 0 spiro atoms. The first-order valence-electron chi connectivity index (χ1n) is 16.0. The number of carboxylic acid groups (broad SMARTS) is 1. The van der Waals surface area contributed by atoms with E-state index in [1.165, 1.54) is 19.3 Å². The van der Waals surface area contributed by atoms with Crippen LogP contribution in [0.25, 0.3) is 44.8 Å². The summed E-state index contributed by atoms with van der Waals surface area (Å²) < 4.78 is 10.2. The summed E-state index contributed by atoms with van der Waals surface area (Å²) >= 11 is 0. The average molecular weight is 604 g/mol. The molecule has 2 aromatic carbocycles. The Labute approximate surface area is 261 Å². The quantitative estimate of drug-likeness (QED) is 0.228. The number of pyridine rings is 1. The molecule has 9 heteroatoms. The maximum Gasteiger partial charge on any atom is 0.307 e. The van der Waals surface area contributed by atoms with E-state index in [0.717, 1.165) is 69.9 Å². The van der Waals surface area contributed by atoms with Crippen LogP contribution in [0.2, 0.25) is 0 Å². The van der Waals surface area contributed by atoms with Gasteiger partial charge in [0.25, 0.3) is 5.91 Å². The number of amides is 1. The maximum absolute atomic E-state index is 13.8. The molecule has 0 radical (unpaired) electrons. The minimum atomic E-state index is -0.844. The van der Waals surface area contributed by atoms with Gasteiger partial charge in [0.15, 0.2) is 5.82 Å². The molecule has 3 aromatic heterocycles. The van der Waals surface area contributed by atoms with Crippen molar-refractivity contribution in [2.45, 2.75) is 51.6 Å². The number of benzene rings is 2. The van der Waals surface area contributed by atoms with Crippen LogP contribution in [-0.2, 0) is 24.8 Å². The molecule has 2 unspecified atom stereocenters. The summed E-state index contributed by atoms with van der Waals surface area (Å²) in [5.74, 6) is 2.43. The lowest BCUT2D eigenvalue weighted by Crippen LogP contribution is -2.38. The number of likely N-dealkylation sites (tertiary alicyclic amines) is 1. The van der Waals surface area contributed by atoms with E-state index in [2.05, 4.69) is 33.1 Å². The normalized spacial score (nSPS) is 20.9. The van der Waals surface area contributed by atoms with Crippen molar-refractivity contribution in [3.05, 3.63) is 65.7 Å². The first kappa shape index (κ1) is 27.9. The van der Waals surface area contributed by atoms with E-state index in [0.29, 0.717) is 35.1 Å². The number of ether oxygens (including phenoxy) is 1. The highest BCUT2D eigenvalue weighted by Gasteiger charge is 2.46. The first-order valence-corrected chi connectivity index (χ1v) is 16.0. The molecule has 4 heterocycles. The van der Waals surface area contributed by atoms with Gasteiger partial charge in [-0.1, -0.05) is 31.2 Å². The minimum absolute atomic E-state index is 0.00273. The van der Waals surface area contributed by atoms with E-state index in [1.807, 2.05) is 49.5 Å². The zero-order valence-corrected chi connectivity index (χ0v) is 25.9. The summed E-state index contributed by atoms with van der Waals surface area (Å²) in [5, 5.41) is 10.2. The summed E-state index contributed by atoms with van der Waals surface area (Å²) in [6.45, 7) is 3.97. The Morgan fingerprint density at radius 1 is 1.00 bits per heavy atom. The summed E-state index contributed by atoms with van der Waals surface area (Å²) in [5.41, 5.74) is 6.65. The van der Waals surface area contributed by atoms with Crippen LogP contribution in [0, 0.1) is 17.8 Å². The molecule has 5 aromatic rings. The third-order valence-corrected chi connectivity index (χ3v) is 10.4. The lowest BCUT2D eigenvalue weighted by Gasteiger charge is -2.27. The zero-order valence-electron chi connectivity index (χ0n) is 25.9. The lowest BCUT2D eigenvalue weighted by atomic mass is 10.0. The number of imidazole rings is 1. The van der Waals surface area contributed by atoms with Crippen molar-refractivity contribution in [1.29, 1.82) is 0 Å². The molecule has 3 atom stereocenters. The Kier molecular flexibility index (Phi) is 6.48. The first-order chi connectivity index (χ1) is 21.8. The third kappa shape index (κ3) is 4.67. The van der Waals surface area contributed by atoms with E-state index in [9.17, 15) is 9.59 Å². The molecule has 2 aliphatic carbocycles. The lowest BCUT2D eigenvalue weighted by molar-refractivity contribution is -0.136. The summed E-state index contributed by atoms with van der Waals surface area (Å²) in [4.78, 5) is 37.2. The smallest absolute Gasteiger partial charge is 0.307 e. The van der Waals surface area contributed by atoms with Gasteiger partial charge in [-0.05, 0) is 79.3 Å². The molecule has 1 amide bonds. The number of aryl methyl sites for hydroxylation is 1. The van der Waals surface area contributed by atoms with Crippen molar-refractivity contribution < 1.29 is 19.4 Å². The van der Waals surface area contributed by atoms with Crippen molar-refractivity contribution in [3.63, 3.8) is 0 Å². The Balaban J connectivity index is 1.20. The average Bonchev–Trinajstić information content (AvgIpc) is 3.44. The van der Waals surface area contributed by atoms with Crippen molar-refractivity contribution in [2.24, 2.45) is 24.8 Å². The van der Waals surface area contributed by atoms with Crippen LogP contribution in [0.15, 0.2) is 54.6 Å². The number of hydrogen-bond acceptors (Lipinski definition) is 5. The van der Waals surface area contributed by atoms with Crippen molar-refractivity contribution >= 4 is 33.9 Å². The number of carbonyl (C=O) groups is 2. The fourth-order valence-corrected chi connectivity index (χ4v) is 7.71. The van der Waals surface area contributed by atoms with E-state index in [1.54, 1.807) is 7.11 Å². The number of carboxylic acids is 1. The molecule has 9 nitrogen and oxygen atoms in total. The number of carbonyl (C=O) groups excluding carboxylic acids is 1. The fraction of sp³-hybridized carbons (Fsp3) is 0.389. The Morgan fingerprint density at radius 2 is 1.80 bits per heavy atom. The molecule has 1 N–H and O–H groups in total. The van der Waals surface area contributed by atoms with Crippen LogP contribution < -0.4 is 4.74 Å². The van der Waals surface area contributed by atoms with E-state index < -0.39 is 5.97 Å². The number of fused-ring (bicyclic) bond motifs is 4. The predicted molar refractivity (Wildman–Crippen MR) is 172 cm³/mol. The van der Waals surface area contributed by atoms with Gasteiger partial charge in [-0.3, -0.25) is 9.59 Å². The van der Waals surface area contributed by atoms with E-state index in [-0.39, 0.29) is 12.3 Å². The van der Waals surface area contributed by atoms with Gasteiger partial charge in [-0.15, -0.1) is 0 Å². The van der Waals surface area contributed by atoms with Gasteiger partial charge >= 0.3 is 5.97 Å². The molecule has 1 aliphatic heterocycles. The van der Waals surface area contributed by atoms with Crippen molar-refractivity contribution in [1.82, 2.24) is 24.0 Å². The number of methoxy groups -OCH3 is 1. The van der Waals surface area contributed by atoms with Crippen LogP contribution in [0.4, 0.5) is 0 Å². The fourth-order valence-electron chi connectivity index (χ4n) is 7.71. The standard InChI is InChI=1S/C36H37N5O4/c1-20-25-11-13-29(20)41(19-25)36(44)26-15-28-33(31(17-26)45-3)39(2)35(38-28)30-16-24-10-12-27(37-34(24)40(30)18-22-4-5-22)23-8-6-21(7-9-23)14-32(42)43/h6-10,12,15-17,20,22,25,29H,4-5,11,13-14,18-19H2,1-3H3,(H,42,43)/t20-,25?,29?/m1/s1. The summed E-state index contributed by atoms with van der Waals surface area (Å²) in [6.07, 6.45) is 4.69. The maximum atomic E-state index is 13.8. The number of nitrogens with zero attached hydrogens (tertiary/aromatic N) is 5. The SMILES string of the molecule is COc1cc(C(=O)N2CC3CCC2[C@@H]3C)cc2nc(-c3cc4ccc(-c5ccc(CC(=O)O)cc5)nc4n3CC3CC3)n(C)c12. The third-order valence-electron chi connectivity index (χ3n) is 10.4. The van der Waals surface area contributed by atoms with Gasteiger partial charge in [0.2, 0.25) is 0 Å². The Hall–Kier alpha value is -4.66. The van der Waals surface area contributed by atoms with Crippen LogP contribution in [0.1, 0.15) is 48.5 Å². The number of piperidine rings is 1. The Morgan fingerprint density at radius 3 is 2.47 bits per heavy atom. The van der Waals surface area contributed by atoms with Gasteiger partial charge in [-0.2, -0.15) is 0 Å². The highest BCUT2D eigenvalue weighted by molar-refractivity contribution is 6.00. The molecule has 8 rings (SSSR count). The largest absolute Gasteiger partial charge is 0.494 e. The summed E-state index contributed by atoms with van der Waals surface area (Å²) in [6, 6.07) is 18.0. The van der Waals surface area contributed by atoms with Crippen LogP contribution in [0.3, 0.4) is 0 Å². The molecule has 230 valence electrons. The van der Waals surface area contributed by atoms with E-state index in [4.69, 9.17) is 19.8 Å². The minimum Gasteiger partial charge on any atom is -0.494 e. The Bertz CT molecular complexity index is 1990. The number of aromatic nitrogens is 4. The molecule has 3 aliphatic rings. The molecule has 2 bridgehead atoms. The monoisotopic (exact) mass is 603 g/mol. The number of rotatable bonds is 8. The molecule has 45 heavy (non-hydrogen) atoms. The molecular formula is C36H37N5O4. The second kappa shape index (κ2) is 10.5. The second-order valence-corrected chi connectivity index (χ2v) is 13.2. The highest BCUT2D eigenvalue weighted by Crippen LogP contribution is 2.44.